The molecule has 0 saturated carbocycles. The van der Waals surface area contributed by atoms with Crippen LogP contribution < -0.4 is 5.56 Å². The maximum absolute atomic E-state index is 12.9. The molecular weight excluding hydrogens is 403 g/mol. The second-order valence-corrected chi connectivity index (χ2v) is 7.74. The molecule has 0 unspecified atom stereocenters. The van der Waals surface area contributed by atoms with Gasteiger partial charge in [-0.05, 0) is 42.3 Å². The summed E-state index contributed by atoms with van der Waals surface area (Å²) in [6.45, 7) is 1.88. The van der Waals surface area contributed by atoms with Gasteiger partial charge < -0.3 is 0 Å². The zero-order valence-electron chi connectivity index (χ0n) is 14.3. The fraction of sp³-hybridized carbons (Fsp3) is 0.105. The van der Waals surface area contributed by atoms with E-state index >= 15 is 0 Å². The van der Waals surface area contributed by atoms with Crippen molar-refractivity contribution in [3.05, 3.63) is 86.4 Å². The molecule has 0 aliphatic carbocycles. The molecule has 27 heavy (non-hydrogen) atoms. The summed E-state index contributed by atoms with van der Waals surface area (Å²) in [6.07, 6.45) is 3.50. The fourth-order valence-corrected chi connectivity index (χ4v) is 4.03. The van der Waals surface area contributed by atoms with Crippen LogP contribution in [0.5, 0.6) is 0 Å². The van der Waals surface area contributed by atoms with Crippen LogP contribution in [0, 0.1) is 6.92 Å². The first-order chi connectivity index (χ1) is 13.0. The molecule has 2 aromatic carbocycles. The summed E-state index contributed by atoms with van der Waals surface area (Å²) in [4.78, 5) is 12.9. The number of aromatic nitrogens is 4. The smallest absolute Gasteiger partial charge is 0.279 e. The third kappa shape index (κ3) is 3.48. The number of fused-ring (bicyclic) bond motifs is 1. The van der Waals surface area contributed by atoms with E-state index in [1.807, 2.05) is 43.3 Å². The Morgan fingerprint density at radius 1 is 1.07 bits per heavy atom. The van der Waals surface area contributed by atoms with Crippen LogP contribution in [-0.2, 0) is 5.75 Å². The second-order valence-electron chi connectivity index (χ2n) is 5.95. The molecule has 0 fully saturated rings. The summed E-state index contributed by atoms with van der Waals surface area (Å²) in [7, 11) is 0. The Morgan fingerprint density at radius 2 is 1.89 bits per heavy atom. The topological polar surface area (TPSA) is 52.2 Å². The quantitative estimate of drug-likeness (QED) is 0.448. The Kier molecular flexibility index (Phi) is 4.95. The molecule has 0 aliphatic rings. The summed E-state index contributed by atoms with van der Waals surface area (Å²) in [5.41, 5.74) is 2.66. The first-order valence-corrected chi connectivity index (χ1v) is 9.88. The van der Waals surface area contributed by atoms with E-state index in [1.165, 1.54) is 16.3 Å². The average molecular weight is 417 g/mol. The largest absolute Gasteiger partial charge is 0.300 e. The van der Waals surface area contributed by atoms with Crippen molar-refractivity contribution < 1.29 is 0 Å². The van der Waals surface area contributed by atoms with Crippen LogP contribution in [0.3, 0.4) is 0 Å². The Morgan fingerprint density at radius 3 is 2.70 bits per heavy atom. The Bertz CT molecular complexity index is 1200. The summed E-state index contributed by atoms with van der Waals surface area (Å²) in [5.74, 6) is 0.678. The monoisotopic (exact) mass is 416 g/mol. The van der Waals surface area contributed by atoms with Gasteiger partial charge in [0.25, 0.3) is 0 Å². The van der Waals surface area contributed by atoms with Gasteiger partial charge in [-0.15, -0.1) is 10.2 Å². The molecule has 4 rings (SSSR count). The number of hydrogen-bond acceptors (Lipinski definition) is 4. The maximum atomic E-state index is 12.9. The molecule has 0 N–H and O–H groups in total. The van der Waals surface area contributed by atoms with E-state index in [9.17, 15) is 4.79 Å². The van der Waals surface area contributed by atoms with Crippen molar-refractivity contribution in [1.82, 2.24) is 19.2 Å². The molecule has 0 saturated heterocycles. The van der Waals surface area contributed by atoms with E-state index in [2.05, 4.69) is 10.2 Å². The average Bonchev–Trinajstić information content (AvgIpc) is 3.07. The van der Waals surface area contributed by atoms with Crippen molar-refractivity contribution in [2.45, 2.75) is 17.8 Å². The van der Waals surface area contributed by atoms with E-state index < -0.39 is 0 Å². The number of hydrogen-bond donors (Lipinski definition) is 0. The molecule has 2 heterocycles. The Hall–Kier alpha value is -2.28. The van der Waals surface area contributed by atoms with Crippen molar-refractivity contribution >= 4 is 40.6 Å². The zero-order valence-corrected chi connectivity index (χ0v) is 16.6. The predicted octanol–water partition coefficient (Wildman–Crippen LogP) is 4.79. The SMILES string of the molecule is Cc1c(Cl)cccc1-n1ccn2c(SCc3cccc(Cl)c3)nnc2c1=O. The lowest BCUT2D eigenvalue weighted by Crippen LogP contribution is -2.21. The number of thioether (sulfide) groups is 1. The zero-order chi connectivity index (χ0) is 19.0. The third-order valence-electron chi connectivity index (χ3n) is 4.20. The highest BCUT2D eigenvalue weighted by Crippen LogP contribution is 2.24. The first kappa shape index (κ1) is 18.1. The van der Waals surface area contributed by atoms with E-state index in [0.29, 0.717) is 21.0 Å². The molecule has 0 aliphatic heterocycles. The molecule has 8 heteroatoms. The third-order valence-corrected chi connectivity index (χ3v) is 5.85. The van der Waals surface area contributed by atoms with Crippen molar-refractivity contribution in [2.24, 2.45) is 0 Å². The molecule has 136 valence electrons. The van der Waals surface area contributed by atoms with Crippen LogP contribution >= 0.6 is 35.0 Å². The van der Waals surface area contributed by atoms with Crippen LogP contribution in [0.25, 0.3) is 11.3 Å². The van der Waals surface area contributed by atoms with Gasteiger partial charge in [0, 0.05) is 28.2 Å². The molecule has 5 nitrogen and oxygen atoms in total. The number of halogens is 2. The lowest BCUT2D eigenvalue weighted by molar-refractivity contribution is 0.890. The lowest BCUT2D eigenvalue weighted by Gasteiger charge is -2.10. The van der Waals surface area contributed by atoms with E-state index in [0.717, 1.165) is 16.8 Å². The van der Waals surface area contributed by atoms with Crippen LogP contribution in [0.2, 0.25) is 10.0 Å². The number of nitrogens with zero attached hydrogens (tertiary/aromatic N) is 4. The molecule has 0 radical (unpaired) electrons. The highest BCUT2D eigenvalue weighted by molar-refractivity contribution is 7.98. The van der Waals surface area contributed by atoms with Crippen LogP contribution in [-0.4, -0.2) is 19.2 Å². The van der Waals surface area contributed by atoms with Crippen molar-refractivity contribution in [1.29, 1.82) is 0 Å². The normalized spacial score (nSPS) is 11.2. The van der Waals surface area contributed by atoms with Crippen LogP contribution in [0.15, 0.2) is 64.8 Å². The number of rotatable bonds is 4. The molecule has 0 bridgehead atoms. The summed E-state index contributed by atoms with van der Waals surface area (Å²) in [5, 5.41) is 10.2. The van der Waals surface area contributed by atoms with E-state index in [-0.39, 0.29) is 11.2 Å². The molecule has 0 atom stereocenters. The highest BCUT2D eigenvalue weighted by Gasteiger charge is 2.14. The molecule has 0 amide bonds. The van der Waals surface area contributed by atoms with Gasteiger partial charge in [-0.3, -0.25) is 13.8 Å². The first-order valence-electron chi connectivity index (χ1n) is 8.14. The Labute approximate surface area is 169 Å². The van der Waals surface area contributed by atoms with Crippen LogP contribution in [0.1, 0.15) is 11.1 Å². The number of benzene rings is 2. The van der Waals surface area contributed by atoms with Gasteiger partial charge in [-0.25, -0.2) is 0 Å². The van der Waals surface area contributed by atoms with Crippen molar-refractivity contribution in [3.63, 3.8) is 0 Å². The van der Waals surface area contributed by atoms with Gasteiger partial charge in [0.1, 0.15) is 0 Å². The molecule has 4 aromatic rings. The van der Waals surface area contributed by atoms with Crippen molar-refractivity contribution in [3.8, 4) is 5.69 Å². The minimum atomic E-state index is -0.245. The highest BCUT2D eigenvalue weighted by atomic mass is 35.5. The Balaban J connectivity index is 1.70. The fourth-order valence-electron chi connectivity index (χ4n) is 2.79. The summed E-state index contributed by atoms with van der Waals surface area (Å²) < 4.78 is 3.24. The molecule has 0 spiro atoms. The minimum Gasteiger partial charge on any atom is -0.279 e. The second kappa shape index (κ2) is 7.38. The predicted molar refractivity (Wildman–Crippen MR) is 109 cm³/mol. The lowest BCUT2D eigenvalue weighted by atomic mass is 10.2. The van der Waals surface area contributed by atoms with Gasteiger partial charge in [-0.1, -0.05) is 53.2 Å². The summed E-state index contributed by atoms with van der Waals surface area (Å²) in [6, 6.07) is 13.1. The van der Waals surface area contributed by atoms with Gasteiger partial charge in [0.15, 0.2) is 5.16 Å². The summed E-state index contributed by atoms with van der Waals surface area (Å²) >= 11 is 13.7. The van der Waals surface area contributed by atoms with E-state index in [1.54, 1.807) is 22.9 Å². The van der Waals surface area contributed by atoms with E-state index in [4.69, 9.17) is 23.2 Å². The van der Waals surface area contributed by atoms with Crippen molar-refractivity contribution in [2.75, 3.05) is 0 Å². The minimum absolute atomic E-state index is 0.245. The maximum Gasteiger partial charge on any atom is 0.300 e. The van der Waals surface area contributed by atoms with Gasteiger partial charge in [0.2, 0.25) is 5.65 Å². The molecule has 2 aromatic heterocycles. The van der Waals surface area contributed by atoms with Gasteiger partial charge in [-0.2, -0.15) is 0 Å². The standard InChI is InChI=1S/C19H14Cl2N4OS/c1-12-15(21)6-3-7-16(12)24-8-9-25-17(18(24)26)22-23-19(25)27-11-13-4-2-5-14(20)10-13/h2-10H,11H2,1H3. The van der Waals surface area contributed by atoms with Crippen LogP contribution in [0.4, 0.5) is 0 Å². The van der Waals surface area contributed by atoms with Gasteiger partial charge >= 0.3 is 5.56 Å². The molecular formula is C19H14Cl2N4OS. The van der Waals surface area contributed by atoms with Gasteiger partial charge in [0.05, 0.1) is 5.69 Å².